The fourth-order valence-corrected chi connectivity index (χ4v) is 2.51. The topological polar surface area (TPSA) is 18.5 Å². The second-order valence-electron chi connectivity index (χ2n) is 3.72. The van der Waals surface area contributed by atoms with E-state index in [2.05, 4.69) is 12.6 Å². The first-order valence-corrected chi connectivity index (χ1v) is 6.79. The SMILES string of the molecule is [SiH3]C1(OCCCCS)CCCCO1. The molecule has 0 aromatic heterocycles. The highest BCUT2D eigenvalue weighted by Gasteiger charge is 2.27. The van der Waals surface area contributed by atoms with E-state index in [1.807, 2.05) is 0 Å². The highest BCUT2D eigenvalue weighted by atomic mass is 32.1. The molecule has 1 atom stereocenters. The molecule has 13 heavy (non-hydrogen) atoms. The van der Waals surface area contributed by atoms with Crippen LogP contribution in [0.4, 0.5) is 0 Å². The Kier molecular flexibility index (Phi) is 5.39. The zero-order chi connectivity index (χ0) is 9.57. The molecule has 2 nitrogen and oxygen atoms in total. The average Bonchev–Trinajstić information content (AvgIpc) is 2.14. The van der Waals surface area contributed by atoms with Crippen LogP contribution in [0.3, 0.4) is 0 Å². The highest BCUT2D eigenvalue weighted by Crippen LogP contribution is 2.22. The summed E-state index contributed by atoms with van der Waals surface area (Å²) in [6.45, 7) is 1.72. The van der Waals surface area contributed by atoms with E-state index in [9.17, 15) is 0 Å². The molecule has 1 unspecified atom stereocenters. The molecule has 0 saturated carbocycles. The fourth-order valence-electron chi connectivity index (χ4n) is 1.52. The van der Waals surface area contributed by atoms with E-state index in [1.54, 1.807) is 0 Å². The van der Waals surface area contributed by atoms with Crippen LogP contribution in [0.5, 0.6) is 0 Å². The summed E-state index contributed by atoms with van der Waals surface area (Å²) in [5, 5.41) is 0. The molecule has 0 radical (unpaired) electrons. The molecule has 0 aromatic carbocycles. The number of ether oxygens (including phenoxy) is 2. The number of hydrogen-bond donors (Lipinski definition) is 1. The molecule has 0 N–H and O–H groups in total. The molecule has 1 saturated heterocycles. The Morgan fingerprint density at radius 3 is 2.85 bits per heavy atom. The van der Waals surface area contributed by atoms with Gasteiger partial charge >= 0.3 is 0 Å². The molecule has 1 rings (SSSR count). The number of hydrogen-bond acceptors (Lipinski definition) is 3. The lowest BCUT2D eigenvalue weighted by atomic mass is 10.2. The van der Waals surface area contributed by atoms with Gasteiger partial charge in [0.05, 0.1) is 10.2 Å². The van der Waals surface area contributed by atoms with Crippen molar-refractivity contribution in [2.45, 2.75) is 37.5 Å². The molecule has 78 valence electrons. The van der Waals surface area contributed by atoms with Crippen molar-refractivity contribution in [3.05, 3.63) is 0 Å². The van der Waals surface area contributed by atoms with Crippen molar-refractivity contribution in [3.63, 3.8) is 0 Å². The Hall–Kier alpha value is 0.487. The smallest absolute Gasteiger partial charge is 0.141 e. The maximum absolute atomic E-state index is 5.78. The lowest BCUT2D eigenvalue weighted by Crippen LogP contribution is -2.40. The third-order valence-corrected chi connectivity index (χ3v) is 3.79. The molecule has 0 aromatic rings. The Morgan fingerprint density at radius 1 is 1.38 bits per heavy atom. The van der Waals surface area contributed by atoms with Crippen LogP contribution in [0.1, 0.15) is 32.1 Å². The molecule has 1 heterocycles. The van der Waals surface area contributed by atoms with E-state index in [0.29, 0.717) is 0 Å². The van der Waals surface area contributed by atoms with Crippen molar-refractivity contribution >= 4 is 22.9 Å². The first kappa shape index (κ1) is 11.6. The van der Waals surface area contributed by atoms with Gasteiger partial charge in [0.2, 0.25) is 0 Å². The van der Waals surface area contributed by atoms with Gasteiger partial charge in [-0.25, -0.2) is 0 Å². The van der Waals surface area contributed by atoms with Gasteiger partial charge in [0.15, 0.2) is 0 Å². The highest BCUT2D eigenvalue weighted by molar-refractivity contribution is 7.80. The van der Waals surface area contributed by atoms with Crippen LogP contribution in [0.25, 0.3) is 0 Å². The third kappa shape index (κ3) is 4.49. The van der Waals surface area contributed by atoms with Crippen molar-refractivity contribution in [2.75, 3.05) is 19.0 Å². The molecule has 1 fully saturated rings. The molecule has 0 amide bonds. The summed E-state index contributed by atoms with van der Waals surface area (Å²) in [6, 6.07) is 0. The van der Waals surface area contributed by atoms with Gasteiger partial charge in [-0.2, -0.15) is 12.6 Å². The van der Waals surface area contributed by atoms with Gasteiger partial charge in [-0.05, 0) is 37.9 Å². The van der Waals surface area contributed by atoms with E-state index in [0.717, 1.165) is 48.5 Å². The number of thiol groups is 1. The minimum atomic E-state index is -0.158. The number of rotatable bonds is 5. The first-order chi connectivity index (χ1) is 6.27. The first-order valence-electron chi connectivity index (χ1n) is 5.16. The van der Waals surface area contributed by atoms with Crippen LogP contribution in [-0.4, -0.2) is 34.6 Å². The zero-order valence-electron chi connectivity index (χ0n) is 8.42. The van der Waals surface area contributed by atoms with Crippen molar-refractivity contribution < 1.29 is 9.47 Å². The van der Waals surface area contributed by atoms with Gasteiger partial charge in [0, 0.05) is 13.2 Å². The van der Waals surface area contributed by atoms with E-state index in [4.69, 9.17) is 9.47 Å². The van der Waals surface area contributed by atoms with Crippen molar-refractivity contribution in [1.82, 2.24) is 0 Å². The van der Waals surface area contributed by atoms with E-state index >= 15 is 0 Å². The Bertz CT molecular complexity index is 138. The van der Waals surface area contributed by atoms with Crippen LogP contribution >= 0.6 is 12.6 Å². The quantitative estimate of drug-likeness (QED) is 0.422. The Morgan fingerprint density at radius 2 is 2.23 bits per heavy atom. The summed E-state index contributed by atoms with van der Waals surface area (Å²) in [5.74, 6) is 0.957. The predicted octanol–water partition coefficient (Wildman–Crippen LogP) is 0.933. The molecular formula is C9H20O2SSi. The van der Waals surface area contributed by atoms with Gasteiger partial charge < -0.3 is 9.47 Å². The van der Waals surface area contributed by atoms with E-state index < -0.39 is 0 Å². The van der Waals surface area contributed by atoms with E-state index in [1.165, 1.54) is 12.8 Å². The van der Waals surface area contributed by atoms with Crippen LogP contribution < -0.4 is 0 Å². The lowest BCUT2D eigenvalue weighted by Gasteiger charge is -2.34. The average molecular weight is 220 g/mol. The maximum atomic E-state index is 5.78. The van der Waals surface area contributed by atoms with Crippen LogP contribution in [0.2, 0.25) is 0 Å². The third-order valence-electron chi connectivity index (χ3n) is 2.39. The van der Waals surface area contributed by atoms with Gasteiger partial charge in [0.1, 0.15) is 5.41 Å². The molecule has 1 aliphatic rings. The lowest BCUT2D eigenvalue weighted by molar-refractivity contribution is -0.198. The second kappa shape index (κ2) is 6.06. The summed E-state index contributed by atoms with van der Waals surface area (Å²) in [4.78, 5) is 0. The molecular weight excluding hydrogens is 200 g/mol. The second-order valence-corrected chi connectivity index (χ2v) is 5.69. The minimum absolute atomic E-state index is 0.158. The fraction of sp³-hybridized carbons (Fsp3) is 1.00. The summed E-state index contributed by atoms with van der Waals surface area (Å²) < 4.78 is 11.4. The standard InChI is InChI=1S/C9H20O2SSi/c12-8-4-3-7-11-9(13)5-1-2-6-10-9/h12H,1-8H2,13H3. The van der Waals surface area contributed by atoms with Crippen molar-refractivity contribution in [1.29, 1.82) is 0 Å². The minimum Gasteiger partial charge on any atom is -0.355 e. The zero-order valence-corrected chi connectivity index (χ0v) is 11.3. The van der Waals surface area contributed by atoms with E-state index in [-0.39, 0.29) is 5.41 Å². The van der Waals surface area contributed by atoms with Crippen molar-refractivity contribution in [3.8, 4) is 0 Å². The Balaban J connectivity index is 2.10. The molecule has 4 heteroatoms. The van der Waals surface area contributed by atoms with Gasteiger partial charge in [-0.15, -0.1) is 0 Å². The predicted molar refractivity (Wildman–Crippen MR) is 61.5 cm³/mol. The van der Waals surface area contributed by atoms with Gasteiger partial charge in [-0.1, -0.05) is 0 Å². The molecule has 0 bridgehead atoms. The summed E-state index contributed by atoms with van der Waals surface area (Å²) in [7, 11) is 0.985. The summed E-state index contributed by atoms with van der Waals surface area (Å²) >= 11 is 4.16. The maximum Gasteiger partial charge on any atom is 0.141 e. The molecule has 1 aliphatic heterocycles. The largest absolute Gasteiger partial charge is 0.355 e. The van der Waals surface area contributed by atoms with Gasteiger partial charge in [0.25, 0.3) is 0 Å². The molecule has 0 aliphatic carbocycles. The molecule has 0 spiro atoms. The normalized spacial score (nSPS) is 29.3. The number of unbranched alkanes of at least 4 members (excludes halogenated alkanes) is 1. The monoisotopic (exact) mass is 220 g/mol. The van der Waals surface area contributed by atoms with Crippen LogP contribution in [0, 0.1) is 0 Å². The summed E-state index contributed by atoms with van der Waals surface area (Å²) in [6.07, 6.45) is 5.80. The van der Waals surface area contributed by atoms with Crippen molar-refractivity contribution in [2.24, 2.45) is 0 Å². The Labute approximate surface area is 89.2 Å². The van der Waals surface area contributed by atoms with Crippen LogP contribution in [-0.2, 0) is 9.47 Å². The van der Waals surface area contributed by atoms with Gasteiger partial charge in [-0.3, -0.25) is 0 Å². The summed E-state index contributed by atoms with van der Waals surface area (Å²) in [5.41, 5.74) is -0.158. The van der Waals surface area contributed by atoms with Crippen LogP contribution in [0.15, 0.2) is 0 Å².